The second-order valence-electron chi connectivity index (χ2n) is 3.39. The number of aryl methyl sites for hydroxylation is 1. The van der Waals surface area contributed by atoms with Crippen molar-refractivity contribution >= 4 is 5.84 Å². The molecule has 15 heavy (non-hydrogen) atoms. The molecule has 3 heteroatoms. The van der Waals surface area contributed by atoms with E-state index in [0.29, 0.717) is 19.0 Å². The highest BCUT2D eigenvalue weighted by Crippen LogP contribution is 2.11. The zero-order chi connectivity index (χ0) is 11.1. The van der Waals surface area contributed by atoms with Crippen molar-refractivity contribution in [3.05, 3.63) is 29.8 Å². The zero-order valence-corrected chi connectivity index (χ0v) is 9.36. The van der Waals surface area contributed by atoms with Gasteiger partial charge in [-0.15, -0.1) is 0 Å². The van der Waals surface area contributed by atoms with Crippen LogP contribution in [0, 0.1) is 6.92 Å². The highest BCUT2D eigenvalue weighted by molar-refractivity contribution is 5.79. The van der Waals surface area contributed by atoms with Crippen molar-refractivity contribution in [2.24, 2.45) is 10.7 Å². The second-order valence-corrected chi connectivity index (χ2v) is 3.39. The summed E-state index contributed by atoms with van der Waals surface area (Å²) in [5.74, 6) is 1.57. The van der Waals surface area contributed by atoms with Gasteiger partial charge in [0.25, 0.3) is 0 Å². The Balaban J connectivity index is 2.32. The van der Waals surface area contributed by atoms with Crippen molar-refractivity contribution in [2.75, 3.05) is 13.2 Å². The van der Waals surface area contributed by atoms with Gasteiger partial charge in [0.05, 0.1) is 12.4 Å². The summed E-state index contributed by atoms with van der Waals surface area (Å²) in [7, 11) is 0. The number of rotatable bonds is 5. The van der Waals surface area contributed by atoms with Gasteiger partial charge in [0.1, 0.15) is 12.4 Å². The van der Waals surface area contributed by atoms with E-state index in [0.717, 1.165) is 12.2 Å². The average Bonchev–Trinajstić information content (AvgIpc) is 2.24. The number of amidine groups is 1. The summed E-state index contributed by atoms with van der Waals surface area (Å²) < 4.78 is 5.52. The van der Waals surface area contributed by atoms with Gasteiger partial charge in [-0.1, -0.05) is 19.1 Å². The van der Waals surface area contributed by atoms with E-state index < -0.39 is 0 Å². The first-order valence-electron chi connectivity index (χ1n) is 5.20. The lowest BCUT2D eigenvalue weighted by Gasteiger charge is -2.05. The molecule has 0 heterocycles. The molecule has 1 aromatic carbocycles. The molecule has 0 unspecified atom stereocenters. The van der Waals surface area contributed by atoms with Crippen LogP contribution < -0.4 is 10.5 Å². The predicted molar refractivity (Wildman–Crippen MR) is 63.5 cm³/mol. The third kappa shape index (κ3) is 4.49. The Labute approximate surface area is 91.0 Å². The van der Waals surface area contributed by atoms with Crippen LogP contribution >= 0.6 is 0 Å². The molecule has 0 atom stereocenters. The molecule has 2 N–H and O–H groups in total. The van der Waals surface area contributed by atoms with Crippen LogP contribution in [-0.2, 0) is 0 Å². The van der Waals surface area contributed by atoms with E-state index in [1.807, 2.05) is 38.1 Å². The third-order valence-corrected chi connectivity index (χ3v) is 2.03. The Bertz CT molecular complexity index is 334. The van der Waals surface area contributed by atoms with Crippen LogP contribution in [-0.4, -0.2) is 19.0 Å². The minimum atomic E-state index is 0.574. The van der Waals surface area contributed by atoms with Crippen LogP contribution in [0.25, 0.3) is 0 Å². The van der Waals surface area contributed by atoms with E-state index in [9.17, 15) is 0 Å². The average molecular weight is 206 g/mol. The number of ether oxygens (including phenoxy) is 1. The number of aliphatic imine (C=N–C) groups is 1. The molecule has 1 aromatic rings. The van der Waals surface area contributed by atoms with E-state index >= 15 is 0 Å². The molecule has 0 aromatic heterocycles. The summed E-state index contributed by atoms with van der Waals surface area (Å²) in [4.78, 5) is 4.15. The van der Waals surface area contributed by atoms with Gasteiger partial charge in [-0.3, -0.25) is 4.99 Å². The summed E-state index contributed by atoms with van der Waals surface area (Å²) in [6, 6.07) is 7.97. The lowest BCUT2D eigenvalue weighted by Crippen LogP contribution is -2.12. The van der Waals surface area contributed by atoms with Crippen LogP contribution in [0.4, 0.5) is 0 Å². The Morgan fingerprint density at radius 3 is 2.93 bits per heavy atom. The monoisotopic (exact) mass is 206 g/mol. The Morgan fingerprint density at radius 2 is 2.27 bits per heavy atom. The molecule has 0 aliphatic carbocycles. The van der Waals surface area contributed by atoms with Gasteiger partial charge < -0.3 is 10.5 Å². The molecular weight excluding hydrogens is 188 g/mol. The molecule has 0 aliphatic rings. The first kappa shape index (κ1) is 11.6. The van der Waals surface area contributed by atoms with Gasteiger partial charge >= 0.3 is 0 Å². The lowest BCUT2D eigenvalue weighted by atomic mass is 10.2. The van der Waals surface area contributed by atoms with E-state index in [2.05, 4.69) is 4.99 Å². The number of benzene rings is 1. The Hall–Kier alpha value is -1.51. The number of hydrogen-bond acceptors (Lipinski definition) is 2. The molecule has 0 bridgehead atoms. The van der Waals surface area contributed by atoms with Gasteiger partial charge in [-0.05, 0) is 24.6 Å². The smallest absolute Gasteiger partial charge is 0.119 e. The lowest BCUT2D eigenvalue weighted by molar-refractivity contribution is 0.328. The van der Waals surface area contributed by atoms with Gasteiger partial charge in [-0.25, -0.2) is 0 Å². The fourth-order valence-corrected chi connectivity index (χ4v) is 1.17. The summed E-state index contributed by atoms with van der Waals surface area (Å²) in [5.41, 5.74) is 6.77. The normalized spacial score (nSPS) is 11.5. The van der Waals surface area contributed by atoms with E-state index in [-0.39, 0.29) is 0 Å². The standard InChI is InChI=1S/C12H18N2O/c1-3-12(13)14-7-8-15-11-6-4-5-10(2)9-11/h4-6,9H,3,7-8H2,1-2H3,(H2,13,14). The first-order valence-corrected chi connectivity index (χ1v) is 5.20. The number of hydrogen-bond donors (Lipinski definition) is 1. The zero-order valence-electron chi connectivity index (χ0n) is 9.36. The summed E-state index contributed by atoms with van der Waals surface area (Å²) >= 11 is 0. The van der Waals surface area contributed by atoms with Crippen molar-refractivity contribution < 1.29 is 4.74 Å². The van der Waals surface area contributed by atoms with Crippen molar-refractivity contribution in [3.8, 4) is 5.75 Å². The maximum Gasteiger partial charge on any atom is 0.119 e. The van der Waals surface area contributed by atoms with Gasteiger partial charge in [-0.2, -0.15) is 0 Å². The topological polar surface area (TPSA) is 47.6 Å². The fourth-order valence-electron chi connectivity index (χ4n) is 1.17. The molecule has 0 amide bonds. The summed E-state index contributed by atoms with van der Waals surface area (Å²) in [6.07, 6.45) is 0.796. The molecule has 1 rings (SSSR count). The molecular formula is C12H18N2O. The second kappa shape index (κ2) is 6.06. The molecule has 0 fully saturated rings. The maximum absolute atomic E-state index is 5.57. The number of nitrogens with two attached hydrogens (primary N) is 1. The van der Waals surface area contributed by atoms with Gasteiger partial charge in [0, 0.05) is 6.42 Å². The molecule has 0 saturated heterocycles. The van der Waals surface area contributed by atoms with Crippen LogP contribution in [0.2, 0.25) is 0 Å². The molecule has 0 aliphatic heterocycles. The van der Waals surface area contributed by atoms with Crippen molar-refractivity contribution in [1.29, 1.82) is 0 Å². The largest absolute Gasteiger partial charge is 0.492 e. The number of nitrogens with zero attached hydrogens (tertiary/aromatic N) is 1. The molecule has 82 valence electrons. The third-order valence-electron chi connectivity index (χ3n) is 2.03. The minimum absolute atomic E-state index is 0.574. The van der Waals surface area contributed by atoms with Crippen LogP contribution in [0.1, 0.15) is 18.9 Å². The summed E-state index contributed by atoms with van der Waals surface area (Å²) in [6.45, 7) is 5.22. The first-order chi connectivity index (χ1) is 7.22. The minimum Gasteiger partial charge on any atom is -0.492 e. The molecule has 0 radical (unpaired) electrons. The van der Waals surface area contributed by atoms with E-state index in [1.165, 1.54) is 5.56 Å². The SMILES string of the molecule is CCC(N)=NCCOc1cccc(C)c1. The van der Waals surface area contributed by atoms with Crippen molar-refractivity contribution in [2.45, 2.75) is 20.3 Å². The molecule has 3 nitrogen and oxygen atoms in total. The summed E-state index contributed by atoms with van der Waals surface area (Å²) in [5, 5.41) is 0. The van der Waals surface area contributed by atoms with Crippen LogP contribution in [0.5, 0.6) is 5.75 Å². The highest BCUT2D eigenvalue weighted by Gasteiger charge is 1.93. The van der Waals surface area contributed by atoms with Crippen LogP contribution in [0.15, 0.2) is 29.3 Å². The Morgan fingerprint density at radius 1 is 1.47 bits per heavy atom. The fraction of sp³-hybridized carbons (Fsp3) is 0.417. The molecule has 0 spiro atoms. The van der Waals surface area contributed by atoms with Crippen molar-refractivity contribution in [1.82, 2.24) is 0 Å². The van der Waals surface area contributed by atoms with E-state index in [1.54, 1.807) is 0 Å². The quantitative estimate of drug-likeness (QED) is 0.456. The maximum atomic E-state index is 5.57. The van der Waals surface area contributed by atoms with Crippen molar-refractivity contribution in [3.63, 3.8) is 0 Å². The highest BCUT2D eigenvalue weighted by atomic mass is 16.5. The molecule has 0 saturated carbocycles. The van der Waals surface area contributed by atoms with Gasteiger partial charge in [0.2, 0.25) is 0 Å². The van der Waals surface area contributed by atoms with E-state index in [4.69, 9.17) is 10.5 Å². The van der Waals surface area contributed by atoms with Gasteiger partial charge in [0.15, 0.2) is 0 Å². The Kier molecular flexibility index (Phi) is 4.68. The predicted octanol–water partition coefficient (Wildman–Crippen LogP) is 2.14. The van der Waals surface area contributed by atoms with Crippen LogP contribution in [0.3, 0.4) is 0 Å².